The molecule has 7 nitrogen and oxygen atoms in total. The number of nitrogens with zero attached hydrogens (tertiary/aromatic N) is 2. The van der Waals surface area contributed by atoms with Crippen molar-refractivity contribution in [3.8, 4) is 0 Å². The molecule has 2 heterocycles. The molecule has 0 unspecified atom stereocenters. The molecule has 3 N–H and O–H groups in total. The fourth-order valence-corrected chi connectivity index (χ4v) is 2.18. The van der Waals surface area contributed by atoms with E-state index in [4.69, 9.17) is 10.2 Å². The van der Waals surface area contributed by atoms with E-state index in [9.17, 15) is 9.59 Å². The lowest BCUT2D eigenvalue weighted by molar-refractivity contribution is 0.500. The number of aromatic nitrogens is 3. The lowest BCUT2D eigenvalue weighted by Crippen LogP contribution is -2.30. The van der Waals surface area contributed by atoms with Gasteiger partial charge in [0.1, 0.15) is 12.1 Å². The Morgan fingerprint density at radius 3 is 2.95 bits per heavy atom. The maximum atomic E-state index is 11.7. The summed E-state index contributed by atoms with van der Waals surface area (Å²) in [6.45, 7) is 0.0995. The molecule has 2 aromatic heterocycles. The number of nitrogens with two attached hydrogens (primary N) is 1. The van der Waals surface area contributed by atoms with E-state index in [1.807, 2.05) is 0 Å². The summed E-state index contributed by atoms with van der Waals surface area (Å²) < 4.78 is 7.06. The normalized spacial score (nSPS) is 11.1. The second-order valence-electron chi connectivity index (χ2n) is 4.17. The highest BCUT2D eigenvalue weighted by atomic mass is 79.9. The van der Waals surface area contributed by atoms with E-state index < -0.39 is 11.2 Å². The Kier molecular flexibility index (Phi) is 2.94. The van der Waals surface area contributed by atoms with Gasteiger partial charge < -0.3 is 10.2 Å². The largest absolute Gasteiger partial charge is 0.439 e. The Morgan fingerprint density at radius 1 is 1.40 bits per heavy atom. The molecule has 3 aromatic rings. The third-order valence-corrected chi connectivity index (χ3v) is 3.33. The number of para-hydroxylation sites is 1. The van der Waals surface area contributed by atoms with Crippen molar-refractivity contribution in [1.82, 2.24) is 14.5 Å². The Hall–Kier alpha value is -2.35. The molecule has 0 saturated carbocycles. The minimum absolute atomic E-state index is 0.0995. The second-order valence-corrected chi connectivity index (χ2v) is 5.02. The number of hydrogen-bond acceptors (Lipinski definition) is 5. The summed E-state index contributed by atoms with van der Waals surface area (Å²) in [4.78, 5) is 29.4. The van der Waals surface area contributed by atoms with E-state index in [0.29, 0.717) is 22.7 Å². The van der Waals surface area contributed by atoms with E-state index in [1.165, 1.54) is 10.8 Å². The van der Waals surface area contributed by atoms with Gasteiger partial charge in [0.2, 0.25) is 5.89 Å². The SMILES string of the molecule is Nc1cccc2oc(Cn3cc(Br)c(=O)[nH]c3=O)nc12. The standard InChI is InChI=1S/C12H9BrN4O3/c13-6-4-17(12(19)16-11(6)18)5-9-15-10-7(14)2-1-3-8(10)20-9/h1-4H,5,14H2,(H,16,18,19). The van der Waals surface area contributed by atoms with Gasteiger partial charge in [0.05, 0.1) is 10.2 Å². The van der Waals surface area contributed by atoms with Crippen molar-refractivity contribution >= 4 is 32.7 Å². The van der Waals surface area contributed by atoms with Crippen LogP contribution in [0.4, 0.5) is 5.69 Å². The third kappa shape index (κ3) is 2.14. The molecule has 0 spiro atoms. The Morgan fingerprint density at radius 2 is 2.20 bits per heavy atom. The number of nitrogens with one attached hydrogen (secondary N) is 1. The Labute approximate surface area is 120 Å². The number of rotatable bonds is 2. The Balaban J connectivity index is 2.05. The van der Waals surface area contributed by atoms with Crippen LogP contribution in [0.3, 0.4) is 0 Å². The molecule has 8 heteroatoms. The summed E-state index contributed by atoms with van der Waals surface area (Å²) in [6, 6.07) is 5.22. The molecule has 1 aromatic carbocycles. The second kappa shape index (κ2) is 4.64. The first-order valence-corrected chi connectivity index (χ1v) is 6.47. The predicted molar refractivity (Wildman–Crippen MR) is 76.5 cm³/mol. The molecule has 3 rings (SSSR count). The molecular weight excluding hydrogens is 328 g/mol. The molecule has 0 saturated heterocycles. The number of nitrogen functional groups attached to an aromatic ring is 1. The van der Waals surface area contributed by atoms with Gasteiger partial charge in [-0.05, 0) is 28.1 Å². The van der Waals surface area contributed by atoms with Crippen molar-refractivity contribution in [2.45, 2.75) is 6.54 Å². The molecule has 102 valence electrons. The van der Waals surface area contributed by atoms with E-state index in [0.717, 1.165) is 0 Å². The fraction of sp³-hybridized carbons (Fsp3) is 0.0833. The third-order valence-electron chi connectivity index (χ3n) is 2.77. The van der Waals surface area contributed by atoms with Gasteiger partial charge in [-0.1, -0.05) is 6.07 Å². The molecule has 0 atom stereocenters. The zero-order chi connectivity index (χ0) is 14.3. The van der Waals surface area contributed by atoms with Crippen LogP contribution < -0.4 is 17.0 Å². The van der Waals surface area contributed by atoms with Crippen LogP contribution >= 0.6 is 15.9 Å². The summed E-state index contributed by atoms with van der Waals surface area (Å²) in [5, 5.41) is 0. The maximum Gasteiger partial charge on any atom is 0.328 e. The van der Waals surface area contributed by atoms with Crippen molar-refractivity contribution in [2.75, 3.05) is 5.73 Å². The molecule has 0 aliphatic carbocycles. The topological polar surface area (TPSA) is 107 Å². The number of fused-ring (bicyclic) bond motifs is 1. The van der Waals surface area contributed by atoms with Gasteiger partial charge in [0.25, 0.3) is 5.56 Å². The maximum absolute atomic E-state index is 11.7. The number of anilines is 1. The molecule has 0 aliphatic heterocycles. The van der Waals surface area contributed by atoms with Crippen molar-refractivity contribution < 1.29 is 4.42 Å². The van der Waals surface area contributed by atoms with Crippen LogP contribution in [0.2, 0.25) is 0 Å². The summed E-state index contributed by atoms with van der Waals surface area (Å²) in [7, 11) is 0. The van der Waals surface area contributed by atoms with Crippen LogP contribution in [-0.4, -0.2) is 14.5 Å². The molecule has 0 aliphatic rings. The zero-order valence-corrected chi connectivity index (χ0v) is 11.7. The van der Waals surface area contributed by atoms with Crippen molar-refractivity contribution in [3.63, 3.8) is 0 Å². The summed E-state index contributed by atoms with van der Waals surface area (Å²) in [6.07, 6.45) is 1.39. The van der Waals surface area contributed by atoms with Crippen LogP contribution in [0.1, 0.15) is 5.89 Å². The zero-order valence-electron chi connectivity index (χ0n) is 10.1. The van der Waals surface area contributed by atoms with Crippen LogP contribution in [0, 0.1) is 0 Å². The number of H-pyrrole nitrogens is 1. The van der Waals surface area contributed by atoms with Crippen molar-refractivity contribution in [2.24, 2.45) is 0 Å². The molecule has 0 radical (unpaired) electrons. The number of benzene rings is 1. The van der Waals surface area contributed by atoms with Crippen LogP contribution in [0.25, 0.3) is 11.1 Å². The quantitative estimate of drug-likeness (QED) is 0.680. The van der Waals surface area contributed by atoms with Crippen LogP contribution in [-0.2, 0) is 6.54 Å². The van der Waals surface area contributed by atoms with Gasteiger partial charge in [-0.2, -0.15) is 0 Å². The van der Waals surface area contributed by atoms with Crippen LogP contribution in [0.5, 0.6) is 0 Å². The lowest BCUT2D eigenvalue weighted by Gasteiger charge is -2.01. The van der Waals surface area contributed by atoms with E-state index in [-0.39, 0.29) is 11.0 Å². The summed E-state index contributed by atoms with van der Waals surface area (Å²) >= 11 is 3.07. The average Bonchev–Trinajstić information content (AvgIpc) is 2.80. The van der Waals surface area contributed by atoms with Gasteiger partial charge in [-0.25, -0.2) is 9.78 Å². The highest BCUT2D eigenvalue weighted by Crippen LogP contribution is 2.21. The number of oxazole rings is 1. The average molecular weight is 337 g/mol. The van der Waals surface area contributed by atoms with Gasteiger partial charge in [0.15, 0.2) is 5.58 Å². The molecular formula is C12H9BrN4O3. The number of hydrogen-bond donors (Lipinski definition) is 2. The monoisotopic (exact) mass is 336 g/mol. The van der Waals surface area contributed by atoms with Gasteiger partial charge >= 0.3 is 5.69 Å². The molecule has 0 amide bonds. The predicted octanol–water partition coefficient (Wildman–Crippen LogP) is 1.07. The van der Waals surface area contributed by atoms with Crippen molar-refractivity contribution in [1.29, 1.82) is 0 Å². The van der Waals surface area contributed by atoms with Crippen molar-refractivity contribution in [3.05, 3.63) is 55.6 Å². The molecule has 20 heavy (non-hydrogen) atoms. The summed E-state index contributed by atoms with van der Waals surface area (Å²) in [5.41, 5.74) is 6.39. The smallest absolute Gasteiger partial charge is 0.328 e. The minimum atomic E-state index is -0.534. The molecule has 0 fully saturated rings. The first-order valence-electron chi connectivity index (χ1n) is 5.68. The Bertz CT molecular complexity index is 909. The summed E-state index contributed by atoms with van der Waals surface area (Å²) in [5.74, 6) is 0.332. The van der Waals surface area contributed by atoms with Gasteiger partial charge in [0, 0.05) is 6.20 Å². The number of halogens is 1. The van der Waals surface area contributed by atoms with Gasteiger partial charge in [-0.15, -0.1) is 0 Å². The van der Waals surface area contributed by atoms with E-state index in [2.05, 4.69) is 25.9 Å². The fourth-order valence-electron chi connectivity index (χ4n) is 1.83. The van der Waals surface area contributed by atoms with E-state index >= 15 is 0 Å². The molecule has 0 bridgehead atoms. The van der Waals surface area contributed by atoms with Gasteiger partial charge in [-0.3, -0.25) is 14.3 Å². The van der Waals surface area contributed by atoms with E-state index in [1.54, 1.807) is 18.2 Å². The first-order chi connectivity index (χ1) is 9.54. The number of aromatic amines is 1. The highest BCUT2D eigenvalue weighted by molar-refractivity contribution is 9.10. The minimum Gasteiger partial charge on any atom is -0.439 e. The lowest BCUT2D eigenvalue weighted by atomic mass is 10.3. The van der Waals surface area contributed by atoms with Crippen LogP contribution in [0.15, 0.2) is 42.9 Å². The highest BCUT2D eigenvalue weighted by Gasteiger charge is 2.10. The first kappa shape index (κ1) is 12.7.